The van der Waals surface area contributed by atoms with Gasteiger partial charge in [-0.1, -0.05) is 58.1 Å². The van der Waals surface area contributed by atoms with Gasteiger partial charge in [-0.25, -0.2) is 0 Å². The summed E-state index contributed by atoms with van der Waals surface area (Å²) >= 11 is 0. The molecule has 1 rings (SSSR count). The molecule has 1 aliphatic carbocycles. The SMILES string of the molecule is CCCC1CC=CC(C)CCCC1. The Hall–Kier alpha value is -0.260. The van der Waals surface area contributed by atoms with Crippen molar-refractivity contribution in [1.82, 2.24) is 0 Å². The molecule has 0 heterocycles. The molecule has 0 amide bonds. The maximum Gasteiger partial charge on any atom is -0.0262 e. The molecule has 13 heavy (non-hydrogen) atoms. The molecule has 2 unspecified atom stereocenters. The zero-order valence-electron chi connectivity index (χ0n) is 9.26. The molecule has 2 atom stereocenters. The van der Waals surface area contributed by atoms with Crippen LogP contribution in [-0.2, 0) is 0 Å². The quantitative estimate of drug-likeness (QED) is 0.546. The van der Waals surface area contributed by atoms with Crippen molar-refractivity contribution in [3.05, 3.63) is 12.2 Å². The van der Waals surface area contributed by atoms with Crippen LogP contribution >= 0.6 is 0 Å². The van der Waals surface area contributed by atoms with Crippen LogP contribution in [0.15, 0.2) is 12.2 Å². The molecule has 0 spiro atoms. The predicted octanol–water partition coefficient (Wildman–Crippen LogP) is 4.56. The summed E-state index contributed by atoms with van der Waals surface area (Å²) in [5, 5.41) is 0. The van der Waals surface area contributed by atoms with E-state index in [4.69, 9.17) is 0 Å². The van der Waals surface area contributed by atoms with Crippen molar-refractivity contribution in [3.8, 4) is 0 Å². The van der Waals surface area contributed by atoms with E-state index in [1.807, 2.05) is 0 Å². The topological polar surface area (TPSA) is 0 Å². The molecular weight excluding hydrogens is 156 g/mol. The second-order valence-corrected chi connectivity index (χ2v) is 4.58. The van der Waals surface area contributed by atoms with Gasteiger partial charge in [0, 0.05) is 0 Å². The molecule has 0 bridgehead atoms. The number of allylic oxidation sites excluding steroid dienone is 2. The lowest BCUT2D eigenvalue weighted by atomic mass is 9.94. The summed E-state index contributed by atoms with van der Waals surface area (Å²) < 4.78 is 0. The van der Waals surface area contributed by atoms with Crippen molar-refractivity contribution in [2.45, 2.75) is 58.8 Å². The Labute approximate surface area is 83.4 Å². The summed E-state index contributed by atoms with van der Waals surface area (Å²) in [5.41, 5.74) is 0. The van der Waals surface area contributed by atoms with Gasteiger partial charge < -0.3 is 0 Å². The summed E-state index contributed by atoms with van der Waals surface area (Å²) in [6.45, 7) is 4.65. The first-order valence-electron chi connectivity index (χ1n) is 5.99. The molecule has 76 valence electrons. The average molecular weight is 180 g/mol. The van der Waals surface area contributed by atoms with Gasteiger partial charge in [0.25, 0.3) is 0 Å². The Bertz CT molecular complexity index is 146. The zero-order chi connectivity index (χ0) is 9.52. The summed E-state index contributed by atoms with van der Waals surface area (Å²) in [6, 6.07) is 0. The normalized spacial score (nSPS) is 30.6. The maximum absolute atomic E-state index is 2.43. The molecule has 0 radical (unpaired) electrons. The minimum Gasteiger partial charge on any atom is -0.0880 e. The fourth-order valence-corrected chi connectivity index (χ4v) is 2.29. The number of hydrogen-bond donors (Lipinski definition) is 0. The van der Waals surface area contributed by atoms with Crippen molar-refractivity contribution in [1.29, 1.82) is 0 Å². The Morgan fingerprint density at radius 2 is 2.00 bits per heavy atom. The van der Waals surface area contributed by atoms with Gasteiger partial charge in [0.1, 0.15) is 0 Å². The van der Waals surface area contributed by atoms with Gasteiger partial charge >= 0.3 is 0 Å². The monoisotopic (exact) mass is 180 g/mol. The highest BCUT2D eigenvalue weighted by atomic mass is 14.1. The zero-order valence-corrected chi connectivity index (χ0v) is 9.26. The lowest BCUT2D eigenvalue weighted by Gasteiger charge is -2.12. The molecular formula is C13H24. The molecule has 0 fully saturated rings. The third-order valence-corrected chi connectivity index (χ3v) is 3.15. The van der Waals surface area contributed by atoms with Crippen LogP contribution in [0.2, 0.25) is 0 Å². The molecule has 0 aromatic carbocycles. The van der Waals surface area contributed by atoms with Gasteiger partial charge in [-0.3, -0.25) is 0 Å². The van der Waals surface area contributed by atoms with E-state index in [1.165, 1.54) is 44.9 Å². The van der Waals surface area contributed by atoms with Crippen LogP contribution in [0.3, 0.4) is 0 Å². The van der Waals surface area contributed by atoms with Crippen LogP contribution in [0, 0.1) is 11.8 Å². The van der Waals surface area contributed by atoms with Crippen molar-refractivity contribution >= 4 is 0 Å². The Kier molecular flexibility index (Phi) is 5.19. The van der Waals surface area contributed by atoms with Crippen LogP contribution in [-0.4, -0.2) is 0 Å². The van der Waals surface area contributed by atoms with E-state index in [2.05, 4.69) is 26.0 Å². The van der Waals surface area contributed by atoms with Crippen LogP contribution in [0.5, 0.6) is 0 Å². The highest BCUT2D eigenvalue weighted by Crippen LogP contribution is 2.23. The molecule has 0 aliphatic heterocycles. The first-order valence-corrected chi connectivity index (χ1v) is 5.99. The second kappa shape index (κ2) is 6.23. The van der Waals surface area contributed by atoms with Crippen LogP contribution in [0.25, 0.3) is 0 Å². The summed E-state index contributed by atoms with van der Waals surface area (Å²) in [4.78, 5) is 0. The Morgan fingerprint density at radius 1 is 1.23 bits per heavy atom. The lowest BCUT2D eigenvalue weighted by molar-refractivity contribution is 0.426. The number of hydrogen-bond acceptors (Lipinski definition) is 0. The van der Waals surface area contributed by atoms with Gasteiger partial charge in [0.15, 0.2) is 0 Å². The second-order valence-electron chi connectivity index (χ2n) is 4.58. The van der Waals surface area contributed by atoms with Crippen LogP contribution < -0.4 is 0 Å². The largest absolute Gasteiger partial charge is 0.0880 e. The fourth-order valence-electron chi connectivity index (χ4n) is 2.29. The molecule has 0 saturated heterocycles. The Morgan fingerprint density at radius 3 is 2.77 bits per heavy atom. The lowest BCUT2D eigenvalue weighted by Crippen LogP contribution is -1.97. The summed E-state index contributed by atoms with van der Waals surface area (Å²) in [6.07, 6.45) is 14.7. The third kappa shape index (κ3) is 4.50. The van der Waals surface area contributed by atoms with Crippen molar-refractivity contribution in [3.63, 3.8) is 0 Å². The molecule has 0 saturated carbocycles. The summed E-state index contributed by atoms with van der Waals surface area (Å²) in [7, 11) is 0. The third-order valence-electron chi connectivity index (χ3n) is 3.15. The first kappa shape index (κ1) is 10.8. The van der Waals surface area contributed by atoms with E-state index in [0.29, 0.717) is 0 Å². The molecule has 1 aliphatic rings. The predicted molar refractivity (Wildman–Crippen MR) is 59.8 cm³/mol. The maximum atomic E-state index is 2.43. The summed E-state index contributed by atoms with van der Waals surface area (Å²) in [5.74, 6) is 1.80. The smallest absolute Gasteiger partial charge is 0.0262 e. The van der Waals surface area contributed by atoms with E-state index in [-0.39, 0.29) is 0 Å². The fraction of sp³-hybridized carbons (Fsp3) is 0.846. The molecule has 0 heteroatoms. The van der Waals surface area contributed by atoms with Crippen LogP contribution in [0.1, 0.15) is 58.8 Å². The Balaban J connectivity index is 2.36. The van der Waals surface area contributed by atoms with Gasteiger partial charge in [-0.05, 0) is 24.7 Å². The van der Waals surface area contributed by atoms with E-state index in [0.717, 1.165) is 11.8 Å². The van der Waals surface area contributed by atoms with E-state index < -0.39 is 0 Å². The van der Waals surface area contributed by atoms with E-state index >= 15 is 0 Å². The molecule has 0 N–H and O–H groups in total. The average Bonchev–Trinajstić information content (AvgIpc) is 2.20. The number of rotatable bonds is 2. The molecule has 0 aromatic rings. The van der Waals surface area contributed by atoms with Crippen molar-refractivity contribution in [2.24, 2.45) is 11.8 Å². The van der Waals surface area contributed by atoms with Crippen molar-refractivity contribution in [2.75, 3.05) is 0 Å². The highest BCUT2D eigenvalue weighted by Gasteiger charge is 2.08. The van der Waals surface area contributed by atoms with E-state index in [9.17, 15) is 0 Å². The van der Waals surface area contributed by atoms with Gasteiger partial charge in [-0.2, -0.15) is 0 Å². The molecule has 0 aromatic heterocycles. The standard InChI is InChI=1S/C13H24/c1-3-7-13-10-5-4-8-12(2)9-6-11-13/h6,9,12-13H,3-5,7-8,10-11H2,1-2H3. The highest BCUT2D eigenvalue weighted by molar-refractivity contribution is 4.89. The van der Waals surface area contributed by atoms with Gasteiger partial charge in [-0.15, -0.1) is 0 Å². The molecule has 0 nitrogen and oxygen atoms in total. The van der Waals surface area contributed by atoms with Crippen molar-refractivity contribution < 1.29 is 0 Å². The van der Waals surface area contributed by atoms with Gasteiger partial charge in [0.05, 0.1) is 0 Å². The first-order chi connectivity index (χ1) is 6.33. The van der Waals surface area contributed by atoms with Crippen LogP contribution in [0.4, 0.5) is 0 Å². The van der Waals surface area contributed by atoms with Gasteiger partial charge in [0.2, 0.25) is 0 Å². The minimum atomic E-state index is 0.820. The minimum absolute atomic E-state index is 0.820. The van der Waals surface area contributed by atoms with E-state index in [1.54, 1.807) is 0 Å².